The third-order valence-corrected chi connectivity index (χ3v) is 5.75. The van der Waals surface area contributed by atoms with Crippen LogP contribution in [0.2, 0.25) is 10.0 Å². The molecule has 0 amide bonds. The van der Waals surface area contributed by atoms with Crippen molar-refractivity contribution in [1.82, 2.24) is 5.32 Å². The molecule has 0 fully saturated rings. The lowest BCUT2D eigenvalue weighted by Gasteiger charge is -2.14. The molecule has 8 heteroatoms. The van der Waals surface area contributed by atoms with Crippen molar-refractivity contribution in [3.8, 4) is 0 Å². The van der Waals surface area contributed by atoms with Crippen LogP contribution in [0.3, 0.4) is 0 Å². The minimum absolute atomic E-state index is 0.198. The van der Waals surface area contributed by atoms with Gasteiger partial charge in [0.1, 0.15) is 0 Å². The molecule has 0 radical (unpaired) electrons. The number of aliphatic hydroxyl groups excluding tert-OH is 1. The number of anilines is 1. The number of ether oxygens (including phenoxy) is 1. The number of halogens is 3. The van der Waals surface area contributed by atoms with Gasteiger partial charge in [0.25, 0.3) is 0 Å². The number of nitrogens with two attached hydrogens (primary N) is 1. The van der Waals surface area contributed by atoms with Crippen molar-refractivity contribution in [2.75, 3.05) is 25.4 Å². The number of hydrogen-bond donors (Lipinski definition) is 3. The van der Waals surface area contributed by atoms with E-state index in [-0.39, 0.29) is 5.97 Å². The van der Waals surface area contributed by atoms with Gasteiger partial charge in [-0.05, 0) is 54.8 Å². The molecule has 0 aromatic heterocycles. The Morgan fingerprint density at radius 1 is 1.10 bits per heavy atom. The van der Waals surface area contributed by atoms with Gasteiger partial charge in [-0.15, -0.1) is 0 Å². The molecule has 1 atom stereocenters. The third kappa shape index (κ3) is 8.82. The molecule has 2 aromatic carbocycles. The van der Waals surface area contributed by atoms with Crippen LogP contribution >= 0.6 is 39.1 Å². The van der Waals surface area contributed by atoms with Gasteiger partial charge in [0.15, 0.2) is 0 Å². The topological polar surface area (TPSA) is 84.6 Å². The van der Waals surface area contributed by atoms with Gasteiger partial charge in [-0.25, -0.2) is 0 Å². The molecular formula is C22H27BrCl2N2O3. The second kappa shape index (κ2) is 13.2. The van der Waals surface area contributed by atoms with Crippen molar-refractivity contribution in [2.24, 2.45) is 0 Å². The van der Waals surface area contributed by atoms with Gasteiger partial charge in [0.2, 0.25) is 0 Å². The number of nitrogens with one attached hydrogen (secondary N) is 1. The number of carbonyl (C=O) groups excluding carboxylic acids is 1. The maximum Gasteiger partial charge on any atom is 0.310 e. The Morgan fingerprint density at radius 3 is 2.40 bits per heavy atom. The fraction of sp³-hybridized carbons (Fsp3) is 0.409. The first-order chi connectivity index (χ1) is 14.4. The zero-order valence-corrected chi connectivity index (χ0v) is 19.8. The minimum atomic E-state index is -0.703. The molecule has 2 aromatic rings. The predicted molar refractivity (Wildman–Crippen MR) is 126 cm³/mol. The van der Waals surface area contributed by atoms with E-state index < -0.39 is 6.10 Å². The highest BCUT2D eigenvalue weighted by Gasteiger charge is 2.12. The predicted octanol–water partition coefficient (Wildman–Crippen LogP) is 5.31. The number of rotatable bonds is 12. The minimum Gasteiger partial charge on any atom is -0.465 e. The molecule has 5 nitrogen and oxygen atoms in total. The fourth-order valence-electron chi connectivity index (χ4n) is 2.86. The van der Waals surface area contributed by atoms with Crippen LogP contribution in [0, 0.1) is 0 Å². The number of nitrogen functional groups attached to an aromatic ring is 1. The molecule has 4 N–H and O–H groups in total. The van der Waals surface area contributed by atoms with E-state index in [9.17, 15) is 9.90 Å². The molecule has 164 valence electrons. The number of esters is 1. The first-order valence-corrected chi connectivity index (χ1v) is 11.4. The highest BCUT2D eigenvalue weighted by Crippen LogP contribution is 2.31. The Bertz CT molecular complexity index is 796. The van der Waals surface area contributed by atoms with Crippen LogP contribution in [0.5, 0.6) is 0 Å². The molecule has 0 aliphatic rings. The quantitative estimate of drug-likeness (QED) is 0.202. The van der Waals surface area contributed by atoms with E-state index in [0.717, 1.165) is 42.3 Å². The summed E-state index contributed by atoms with van der Waals surface area (Å²) in [4.78, 5) is 11.8. The summed E-state index contributed by atoms with van der Waals surface area (Å²) in [5.41, 5.74) is 7.61. The molecule has 0 heterocycles. The number of benzene rings is 2. The Morgan fingerprint density at radius 2 is 1.73 bits per heavy atom. The second-order valence-corrected chi connectivity index (χ2v) is 8.79. The molecule has 0 aliphatic heterocycles. The first kappa shape index (κ1) is 25.0. The number of unbranched alkanes of at least 4 members (excludes halogenated alkanes) is 3. The number of carbonyl (C=O) groups is 1. The van der Waals surface area contributed by atoms with Gasteiger partial charge >= 0.3 is 5.97 Å². The summed E-state index contributed by atoms with van der Waals surface area (Å²) in [5, 5.41) is 14.1. The van der Waals surface area contributed by atoms with Crippen molar-refractivity contribution in [3.63, 3.8) is 0 Å². The standard InChI is InChI=1S/C22H27BrCl2N2O3/c23-17-7-5-15(6-8-17)11-21(29)30-10-4-2-1-3-9-27-14-20(28)16-12-18(24)22(26)19(25)13-16/h5-8,12-13,20,27-28H,1-4,9-11,14,26H2. The zero-order chi connectivity index (χ0) is 21.9. The Labute approximate surface area is 196 Å². The molecule has 0 bridgehead atoms. The SMILES string of the molecule is Nc1c(Cl)cc(C(O)CNCCCCCCOC(=O)Cc2ccc(Br)cc2)cc1Cl. The van der Waals surface area contributed by atoms with Gasteiger partial charge < -0.3 is 20.9 Å². The number of aliphatic hydroxyl groups is 1. The van der Waals surface area contributed by atoms with Crippen LogP contribution in [0.1, 0.15) is 42.9 Å². The maximum atomic E-state index is 11.8. The normalized spacial score (nSPS) is 12.0. The summed E-state index contributed by atoms with van der Waals surface area (Å²) in [7, 11) is 0. The molecule has 0 saturated carbocycles. The molecule has 0 spiro atoms. The molecule has 1 unspecified atom stereocenters. The van der Waals surface area contributed by atoms with Crippen LogP contribution < -0.4 is 11.1 Å². The van der Waals surface area contributed by atoms with Gasteiger partial charge in [0, 0.05) is 11.0 Å². The summed E-state index contributed by atoms with van der Waals surface area (Å²) < 4.78 is 6.27. The average Bonchev–Trinajstić information content (AvgIpc) is 2.71. The van der Waals surface area contributed by atoms with Crippen LogP contribution in [0.4, 0.5) is 5.69 Å². The Balaban J connectivity index is 1.50. The van der Waals surface area contributed by atoms with Crippen molar-refractivity contribution in [1.29, 1.82) is 0 Å². The molecule has 30 heavy (non-hydrogen) atoms. The van der Waals surface area contributed by atoms with Crippen molar-refractivity contribution >= 4 is 50.8 Å². The van der Waals surface area contributed by atoms with Crippen LogP contribution in [0.25, 0.3) is 0 Å². The van der Waals surface area contributed by atoms with Gasteiger partial charge in [-0.2, -0.15) is 0 Å². The van der Waals surface area contributed by atoms with E-state index in [1.807, 2.05) is 24.3 Å². The molecular weight excluding hydrogens is 491 g/mol. The van der Waals surface area contributed by atoms with E-state index >= 15 is 0 Å². The van der Waals surface area contributed by atoms with Crippen molar-refractivity contribution in [3.05, 3.63) is 62.0 Å². The summed E-state index contributed by atoms with van der Waals surface area (Å²) >= 11 is 15.4. The van der Waals surface area contributed by atoms with Crippen LogP contribution in [-0.4, -0.2) is 30.8 Å². The lowest BCUT2D eigenvalue weighted by atomic mass is 10.1. The number of hydrogen-bond acceptors (Lipinski definition) is 5. The van der Waals surface area contributed by atoms with E-state index in [0.29, 0.717) is 40.9 Å². The first-order valence-electron chi connectivity index (χ1n) is 9.90. The summed E-state index contributed by atoms with van der Waals surface area (Å²) in [6, 6.07) is 10.9. The highest BCUT2D eigenvalue weighted by molar-refractivity contribution is 9.10. The van der Waals surface area contributed by atoms with Gasteiger partial charge in [0.05, 0.1) is 34.9 Å². The summed E-state index contributed by atoms with van der Waals surface area (Å²) in [6.07, 6.45) is 3.42. The van der Waals surface area contributed by atoms with Gasteiger partial charge in [-0.3, -0.25) is 4.79 Å². The average molecular weight is 518 g/mol. The van der Waals surface area contributed by atoms with Gasteiger partial charge in [-0.1, -0.05) is 64.1 Å². The van der Waals surface area contributed by atoms with E-state index in [1.54, 1.807) is 12.1 Å². The Hall–Kier alpha value is -1.31. The largest absolute Gasteiger partial charge is 0.465 e. The molecule has 2 rings (SSSR count). The van der Waals surface area contributed by atoms with E-state index in [1.165, 1.54) is 0 Å². The van der Waals surface area contributed by atoms with Crippen LogP contribution in [-0.2, 0) is 16.0 Å². The van der Waals surface area contributed by atoms with Crippen molar-refractivity contribution < 1.29 is 14.6 Å². The Kier molecular flexibility index (Phi) is 11.0. The maximum absolute atomic E-state index is 11.8. The fourth-order valence-corrected chi connectivity index (χ4v) is 3.63. The molecule has 0 aliphatic carbocycles. The summed E-state index contributed by atoms with van der Waals surface area (Å²) in [5.74, 6) is -0.198. The lowest BCUT2D eigenvalue weighted by molar-refractivity contribution is -0.142. The third-order valence-electron chi connectivity index (χ3n) is 4.60. The van der Waals surface area contributed by atoms with Crippen molar-refractivity contribution in [2.45, 2.75) is 38.2 Å². The smallest absolute Gasteiger partial charge is 0.310 e. The van der Waals surface area contributed by atoms with E-state index in [4.69, 9.17) is 33.7 Å². The lowest BCUT2D eigenvalue weighted by Crippen LogP contribution is -2.22. The zero-order valence-electron chi connectivity index (χ0n) is 16.7. The van der Waals surface area contributed by atoms with E-state index in [2.05, 4.69) is 21.2 Å². The second-order valence-electron chi connectivity index (χ2n) is 7.06. The monoisotopic (exact) mass is 516 g/mol. The highest BCUT2D eigenvalue weighted by atomic mass is 79.9. The van der Waals surface area contributed by atoms with Crippen LogP contribution in [0.15, 0.2) is 40.9 Å². The molecule has 0 saturated heterocycles. The summed E-state index contributed by atoms with van der Waals surface area (Å²) in [6.45, 7) is 1.64.